The number of hydrogen-bond donors (Lipinski definition) is 1. The van der Waals surface area contributed by atoms with E-state index in [0.29, 0.717) is 0 Å². The summed E-state index contributed by atoms with van der Waals surface area (Å²) in [5, 5.41) is 2.39. The van der Waals surface area contributed by atoms with Crippen molar-refractivity contribution in [2.24, 2.45) is 5.73 Å². The smallest absolute Gasteiger partial charge is 0.165 e. The van der Waals surface area contributed by atoms with Gasteiger partial charge in [0.1, 0.15) is 6.10 Å². The number of hydrogen-bond acceptors (Lipinski definition) is 3. The van der Waals surface area contributed by atoms with Crippen molar-refractivity contribution in [3.63, 3.8) is 0 Å². The topological polar surface area (TPSA) is 44.5 Å². The molecule has 0 radical (unpaired) electrons. The molecule has 0 fully saturated rings. The minimum atomic E-state index is -0.176. The minimum Gasteiger partial charge on any atom is -0.493 e. The molecule has 0 saturated heterocycles. The Bertz CT molecular complexity index is 854. The molecule has 0 aromatic heterocycles. The zero-order valence-corrected chi connectivity index (χ0v) is 13.0. The van der Waals surface area contributed by atoms with Gasteiger partial charge in [-0.1, -0.05) is 54.6 Å². The first-order valence-corrected chi connectivity index (χ1v) is 7.83. The van der Waals surface area contributed by atoms with E-state index in [9.17, 15) is 0 Å². The van der Waals surface area contributed by atoms with Gasteiger partial charge in [-0.2, -0.15) is 0 Å². The highest BCUT2D eigenvalue weighted by Gasteiger charge is 2.31. The molecule has 3 aromatic carbocycles. The number of fused-ring (bicyclic) bond motifs is 2. The van der Waals surface area contributed by atoms with E-state index < -0.39 is 0 Å². The highest BCUT2D eigenvalue weighted by molar-refractivity contribution is 5.86. The lowest BCUT2D eigenvalue weighted by Crippen LogP contribution is -2.37. The monoisotopic (exact) mass is 305 g/mol. The number of methoxy groups -OCH3 is 1. The van der Waals surface area contributed by atoms with Crippen molar-refractivity contribution in [2.75, 3.05) is 7.11 Å². The molecule has 0 bridgehead atoms. The summed E-state index contributed by atoms with van der Waals surface area (Å²) in [7, 11) is 1.67. The molecule has 3 heteroatoms. The van der Waals surface area contributed by atoms with E-state index in [1.165, 1.54) is 10.8 Å². The molecular formula is C20H19NO2. The highest BCUT2D eigenvalue weighted by Crippen LogP contribution is 2.41. The van der Waals surface area contributed by atoms with E-state index in [2.05, 4.69) is 42.5 Å². The molecule has 2 atom stereocenters. The molecule has 116 valence electrons. The van der Waals surface area contributed by atoms with Crippen molar-refractivity contribution >= 4 is 10.8 Å². The Morgan fingerprint density at radius 1 is 1.00 bits per heavy atom. The summed E-state index contributed by atoms with van der Waals surface area (Å²) in [5.74, 6) is 1.58. The molecule has 0 unspecified atom stereocenters. The number of benzene rings is 3. The summed E-state index contributed by atoms with van der Waals surface area (Å²) in [6.45, 7) is 0. The average Bonchev–Trinajstić information content (AvgIpc) is 2.60. The van der Waals surface area contributed by atoms with Crippen LogP contribution in [0.5, 0.6) is 11.5 Å². The predicted molar refractivity (Wildman–Crippen MR) is 92.0 cm³/mol. The standard InChI is InChI=1S/C20H19NO2/c1-22-18-11-5-8-14-12-17(21)20(23-19(14)18)16-10-4-7-13-6-2-3-9-15(13)16/h2-11,17,20H,12,21H2,1H3/t17-,20-/m0/s1. The predicted octanol–water partition coefficient (Wildman–Crippen LogP) is 3.85. The zero-order chi connectivity index (χ0) is 15.8. The van der Waals surface area contributed by atoms with Crippen LogP contribution in [0.1, 0.15) is 17.2 Å². The zero-order valence-electron chi connectivity index (χ0n) is 13.0. The molecule has 1 aliphatic heterocycles. The van der Waals surface area contributed by atoms with Gasteiger partial charge < -0.3 is 15.2 Å². The SMILES string of the molecule is COc1cccc2c1O[C@@H](c1cccc3ccccc13)[C@@H](N)C2. The molecule has 0 saturated carbocycles. The summed E-state index contributed by atoms with van der Waals surface area (Å²) < 4.78 is 11.8. The van der Waals surface area contributed by atoms with E-state index in [4.69, 9.17) is 15.2 Å². The van der Waals surface area contributed by atoms with Gasteiger partial charge in [0, 0.05) is 5.56 Å². The maximum Gasteiger partial charge on any atom is 0.165 e. The van der Waals surface area contributed by atoms with Crippen LogP contribution in [-0.4, -0.2) is 13.2 Å². The van der Waals surface area contributed by atoms with Gasteiger partial charge in [0.25, 0.3) is 0 Å². The number of para-hydroxylation sites is 1. The summed E-state index contributed by atoms with van der Waals surface area (Å²) >= 11 is 0. The Hall–Kier alpha value is -2.52. The molecular weight excluding hydrogens is 286 g/mol. The first-order chi connectivity index (χ1) is 11.3. The third kappa shape index (κ3) is 2.34. The van der Waals surface area contributed by atoms with Crippen LogP contribution in [-0.2, 0) is 6.42 Å². The van der Waals surface area contributed by atoms with Crippen molar-refractivity contribution in [3.8, 4) is 11.5 Å². The molecule has 1 aliphatic rings. The number of ether oxygens (including phenoxy) is 2. The van der Waals surface area contributed by atoms with E-state index in [-0.39, 0.29) is 12.1 Å². The molecule has 4 rings (SSSR count). The van der Waals surface area contributed by atoms with E-state index in [1.54, 1.807) is 7.11 Å². The molecule has 0 amide bonds. The number of rotatable bonds is 2. The van der Waals surface area contributed by atoms with Crippen LogP contribution < -0.4 is 15.2 Å². The minimum absolute atomic E-state index is 0.0830. The van der Waals surface area contributed by atoms with Gasteiger partial charge in [0.2, 0.25) is 0 Å². The Kier molecular flexibility index (Phi) is 3.43. The second-order valence-corrected chi connectivity index (χ2v) is 5.92. The third-order valence-electron chi connectivity index (χ3n) is 4.50. The highest BCUT2D eigenvalue weighted by atomic mass is 16.5. The van der Waals surface area contributed by atoms with Crippen molar-refractivity contribution in [3.05, 3.63) is 71.8 Å². The van der Waals surface area contributed by atoms with Gasteiger partial charge in [-0.3, -0.25) is 0 Å². The molecule has 0 spiro atoms. The van der Waals surface area contributed by atoms with Crippen LogP contribution in [0, 0.1) is 0 Å². The van der Waals surface area contributed by atoms with Gasteiger partial charge in [0.05, 0.1) is 13.2 Å². The van der Waals surface area contributed by atoms with Crippen LogP contribution in [0.15, 0.2) is 60.7 Å². The number of nitrogens with two attached hydrogens (primary N) is 1. The average molecular weight is 305 g/mol. The summed E-state index contributed by atoms with van der Waals surface area (Å²) in [4.78, 5) is 0. The quantitative estimate of drug-likeness (QED) is 0.782. The molecule has 3 aromatic rings. The third-order valence-corrected chi connectivity index (χ3v) is 4.50. The maximum atomic E-state index is 6.44. The maximum absolute atomic E-state index is 6.44. The Labute approximate surface area is 135 Å². The molecule has 0 aliphatic carbocycles. The molecule has 23 heavy (non-hydrogen) atoms. The van der Waals surface area contributed by atoms with Crippen LogP contribution in [0.25, 0.3) is 10.8 Å². The fraction of sp³-hybridized carbons (Fsp3) is 0.200. The Balaban J connectivity index is 1.83. The van der Waals surface area contributed by atoms with E-state index in [1.807, 2.05) is 18.2 Å². The van der Waals surface area contributed by atoms with Gasteiger partial charge in [-0.05, 0) is 28.8 Å². The van der Waals surface area contributed by atoms with Gasteiger partial charge in [-0.25, -0.2) is 0 Å². The summed E-state index contributed by atoms with van der Waals surface area (Å²) in [6, 6.07) is 20.5. The first kappa shape index (κ1) is 14.1. The van der Waals surface area contributed by atoms with E-state index >= 15 is 0 Å². The lowest BCUT2D eigenvalue weighted by Gasteiger charge is -2.33. The first-order valence-electron chi connectivity index (χ1n) is 7.83. The largest absolute Gasteiger partial charge is 0.493 e. The second kappa shape index (κ2) is 5.60. The van der Waals surface area contributed by atoms with Gasteiger partial charge >= 0.3 is 0 Å². The Morgan fingerprint density at radius 2 is 1.78 bits per heavy atom. The fourth-order valence-corrected chi connectivity index (χ4v) is 3.38. The Morgan fingerprint density at radius 3 is 2.65 bits per heavy atom. The van der Waals surface area contributed by atoms with Gasteiger partial charge in [0.15, 0.2) is 11.5 Å². The van der Waals surface area contributed by atoms with E-state index in [0.717, 1.165) is 29.0 Å². The van der Waals surface area contributed by atoms with Crippen molar-refractivity contribution in [1.29, 1.82) is 0 Å². The summed E-state index contributed by atoms with van der Waals surface area (Å²) in [5.41, 5.74) is 8.68. The molecule has 1 heterocycles. The van der Waals surface area contributed by atoms with Crippen LogP contribution in [0.3, 0.4) is 0 Å². The van der Waals surface area contributed by atoms with Crippen LogP contribution in [0.4, 0.5) is 0 Å². The van der Waals surface area contributed by atoms with Crippen LogP contribution in [0.2, 0.25) is 0 Å². The lowest BCUT2D eigenvalue weighted by molar-refractivity contribution is 0.148. The van der Waals surface area contributed by atoms with Crippen molar-refractivity contribution in [2.45, 2.75) is 18.6 Å². The van der Waals surface area contributed by atoms with Gasteiger partial charge in [-0.15, -0.1) is 0 Å². The second-order valence-electron chi connectivity index (χ2n) is 5.92. The summed E-state index contributed by atoms with van der Waals surface area (Å²) in [6.07, 6.45) is 0.602. The fourth-order valence-electron chi connectivity index (χ4n) is 3.38. The van der Waals surface area contributed by atoms with Crippen molar-refractivity contribution < 1.29 is 9.47 Å². The molecule has 2 N–H and O–H groups in total. The van der Waals surface area contributed by atoms with Crippen LogP contribution >= 0.6 is 0 Å². The lowest BCUT2D eigenvalue weighted by atomic mass is 9.90. The normalized spacial score (nSPS) is 19.9. The molecule has 3 nitrogen and oxygen atoms in total. The van der Waals surface area contributed by atoms with Crippen molar-refractivity contribution in [1.82, 2.24) is 0 Å².